The number of ether oxygens (including phenoxy) is 1. The van der Waals surface area contributed by atoms with Gasteiger partial charge in [-0.05, 0) is 69.9 Å². The maximum Gasteiger partial charge on any atom is 0.261 e. The molecule has 0 spiro atoms. The second kappa shape index (κ2) is 10.7. The van der Waals surface area contributed by atoms with Crippen LogP contribution in [0.2, 0.25) is 5.02 Å². The average Bonchev–Trinajstić information content (AvgIpc) is 2.68. The predicted molar refractivity (Wildman–Crippen MR) is 125 cm³/mol. The van der Waals surface area contributed by atoms with E-state index in [4.69, 9.17) is 16.3 Å². The Morgan fingerprint density at radius 2 is 1.77 bits per heavy atom. The van der Waals surface area contributed by atoms with Crippen LogP contribution in [0.4, 0.5) is 0 Å². The molecule has 31 heavy (non-hydrogen) atoms. The van der Waals surface area contributed by atoms with Gasteiger partial charge in [0.1, 0.15) is 11.8 Å². The first kappa shape index (κ1) is 24.7. The fourth-order valence-electron chi connectivity index (χ4n) is 3.29. The lowest BCUT2D eigenvalue weighted by molar-refractivity contribution is -0.143. The van der Waals surface area contributed by atoms with Crippen molar-refractivity contribution >= 4 is 23.4 Å². The molecule has 1 N–H and O–H groups in total. The molecule has 0 aliphatic carbocycles. The molecule has 0 heterocycles. The van der Waals surface area contributed by atoms with E-state index in [1.807, 2.05) is 77.9 Å². The Balaban J connectivity index is 2.28. The van der Waals surface area contributed by atoms with E-state index < -0.39 is 11.6 Å². The van der Waals surface area contributed by atoms with Crippen LogP contribution in [0, 0.1) is 13.8 Å². The zero-order valence-electron chi connectivity index (χ0n) is 19.3. The first-order chi connectivity index (χ1) is 14.5. The Morgan fingerprint density at radius 3 is 2.39 bits per heavy atom. The Morgan fingerprint density at radius 1 is 1.10 bits per heavy atom. The molecule has 0 fully saturated rings. The zero-order chi connectivity index (χ0) is 23.2. The lowest BCUT2D eigenvalue weighted by atomic mass is 10.1. The van der Waals surface area contributed by atoms with E-state index in [9.17, 15) is 9.59 Å². The molecule has 0 unspecified atom stereocenters. The Labute approximate surface area is 190 Å². The summed E-state index contributed by atoms with van der Waals surface area (Å²) in [7, 11) is 0. The summed E-state index contributed by atoms with van der Waals surface area (Å²) in [6, 6.07) is 12.5. The molecule has 1 atom stereocenters. The number of nitrogens with one attached hydrogen (secondary N) is 1. The molecule has 6 heteroatoms. The molecular formula is C25H33ClN2O3. The summed E-state index contributed by atoms with van der Waals surface area (Å²) in [5.41, 5.74) is 2.46. The van der Waals surface area contributed by atoms with Gasteiger partial charge in [0.2, 0.25) is 5.91 Å². The topological polar surface area (TPSA) is 58.6 Å². The third kappa shape index (κ3) is 7.00. The maximum absolute atomic E-state index is 13.3. The monoisotopic (exact) mass is 444 g/mol. The Bertz CT molecular complexity index is 921. The van der Waals surface area contributed by atoms with Crippen LogP contribution in [0.15, 0.2) is 42.5 Å². The van der Waals surface area contributed by atoms with E-state index in [-0.39, 0.29) is 25.0 Å². The Hall–Kier alpha value is -2.53. The third-order valence-corrected chi connectivity index (χ3v) is 5.46. The summed E-state index contributed by atoms with van der Waals surface area (Å²) in [5, 5.41) is 3.55. The lowest BCUT2D eigenvalue weighted by Crippen LogP contribution is -2.54. The van der Waals surface area contributed by atoms with Gasteiger partial charge in [-0.1, -0.05) is 48.9 Å². The number of carbonyl (C=O) groups is 2. The number of benzene rings is 2. The molecule has 2 aromatic rings. The van der Waals surface area contributed by atoms with Gasteiger partial charge in [0.25, 0.3) is 5.91 Å². The predicted octanol–water partition coefficient (Wildman–Crippen LogP) is 5.06. The van der Waals surface area contributed by atoms with Crippen molar-refractivity contribution in [2.75, 3.05) is 6.61 Å². The molecule has 0 aromatic heterocycles. The minimum absolute atomic E-state index is 0.159. The smallest absolute Gasteiger partial charge is 0.261 e. The van der Waals surface area contributed by atoms with Crippen molar-refractivity contribution in [3.05, 3.63) is 64.2 Å². The number of rotatable bonds is 8. The van der Waals surface area contributed by atoms with E-state index in [0.29, 0.717) is 17.2 Å². The normalized spacial score (nSPS) is 12.2. The highest BCUT2D eigenvalue weighted by atomic mass is 35.5. The van der Waals surface area contributed by atoms with E-state index in [1.165, 1.54) is 0 Å². The van der Waals surface area contributed by atoms with E-state index in [1.54, 1.807) is 11.0 Å². The average molecular weight is 445 g/mol. The van der Waals surface area contributed by atoms with Crippen molar-refractivity contribution in [1.29, 1.82) is 0 Å². The summed E-state index contributed by atoms with van der Waals surface area (Å²) < 4.78 is 5.85. The van der Waals surface area contributed by atoms with Gasteiger partial charge in [0.05, 0.1) is 0 Å². The second-order valence-electron chi connectivity index (χ2n) is 8.76. The number of nitrogens with zero attached hydrogens (tertiary/aromatic N) is 1. The molecule has 5 nitrogen and oxygen atoms in total. The SMILES string of the molecule is CC[C@H](C(=O)NC(C)(C)C)N(Cc1ccccc1Cl)C(=O)COc1cccc(C)c1C. The van der Waals surface area contributed by atoms with Crippen molar-refractivity contribution < 1.29 is 14.3 Å². The molecule has 2 rings (SSSR count). The van der Waals surface area contributed by atoms with Crippen LogP contribution in [0.25, 0.3) is 0 Å². The summed E-state index contributed by atoms with van der Waals surface area (Å²) in [6.45, 7) is 11.7. The van der Waals surface area contributed by atoms with Crippen molar-refractivity contribution in [1.82, 2.24) is 10.2 Å². The highest BCUT2D eigenvalue weighted by molar-refractivity contribution is 6.31. The molecule has 2 aromatic carbocycles. The number of carbonyl (C=O) groups excluding carboxylic acids is 2. The third-order valence-electron chi connectivity index (χ3n) is 5.09. The van der Waals surface area contributed by atoms with Crippen LogP contribution in [0.3, 0.4) is 0 Å². The molecule has 168 valence electrons. The molecule has 0 bridgehead atoms. The molecular weight excluding hydrogens is 412 g/mol. The largest absolute Gasteiger partial charge is 0.483 e. The number of aryl methyl sites for hydroxylation is 1. The molecule has 0 radical (unpaired) electrons. The molecule has 2 amide bonds. The minimum atomic E-state index is -0.634. The van der Waals surface area contributed by atoms with Crippen molar-refractivity contribution in [3.63, 3.8) is 0 Å². The van der Waals surface area contributed by atoms with E-state index in [2.05, 4.69) is 5.32 Å². The van der Waals surface area contributed by atoms with Crippen molar-refractivity contribution in [2.24, 2.45) is 0 Å². The summed E-state index contributed by atoms with van der Waals surface area (Å²) >= 11 is 6.35. The van der Waals surface area contributed by atoms with Gasteiger partial charge in [-0.15, -0.1) is 0 Å². The molecule has 0 aliphatic heterocycles. The fourth-order valence-corrected chi connectivity index (χ4v) is 3.48. The van der Waals surface area contributed by atoms with E-state index in [0.717, 1.165) is 16.7 Å². The molecule has 0 saturated carbocycles. The lowest BCUT2D eigenvalue weighted by Gasteiger charge is -2.33. The zero-order valence-corrected chi connectivity index (χ0v) is 20.0. The van der Waals surface area contributed by atoms with Gasteiger partial charge in [-0.25, -0.2) is 0 Å². The van der Waals surface area contributed by atoms with Gasteiger partial charge in [0, 0.05) is 17.1 Å². The number of hydrogen-bond acceptors (Lipinski definition) is 3. The van der Waals surface area contributed by atoms with Crippen molar-refractivity contribution in [2.45, 2.75) is 66.1 Å². The van der Waals surface area contributed by atoms with Crippen LogP contribution in [0.1, 0.15) is 50.8 Å². The molecule has 0 aliphatic rings. The first-order valence-corrected chi connectivity index (χ1v) is 10.9. The number of hydrogen-bond donors (Lipinski definition) is 1. The van der Waals surface area contributed by atoms with Gasteiger partial charge < -0.3 is 15.0 Å². The van der Waals surface area contributed by atoms with Gasteiger partial charge in [0.15, 0.2) is 6.61 Å². The van der Waals surface area contributed by atoms with E-state index >= 15 is 0 Å². The van der Waals surface area contributed by atoms with Gasteiger partial charge in [-0.2, -0.15) is 0 Å². The quantitative estimate of drug-likeness (QED) is 0.619. The fraction of sp³-hybridized carbons (Fsp3) is 0.440. The number of amides is 2. The van der Waals surface area contributed by atoms with Crippen LogP contribution in [0.5, 0.6) is 5.75 Å². The minimum Gasteiger partial charge on any atom is -0.483 e. The Kier molecular flexibility index (Phi) is 8.52. The maximum atomic E-state index is 13.3. The second-order valence-corrected chi connectivity index (χ2v) is 9.17. The van der Waals surface area contributed by atoms with Crippen LogP contribution in [-0.2, 0) is 16.1 Å². The van der Waals surface area contributed by atoms with Crippen LogP contribution >= 0.6 is 11.6 Å². The summed E-state index contributed by atoms with van der Waals surface area (Å²) in [4.78, 5) is 27.8. The summed E-state index contributed by atoms with van der Waals surface area (Å²) in [6.07, 6.45) is 0.474. The summed E-state index contributed by atoms with van der Waals surface area (Å²) in [5.74, 6) is 0.206. The highest BCUT2D eigenvalue weighted by Crippen LogP contribution is 2.22. The van der Waals surface area contributed by atoms with Crippen LogP contribution in [-0.4, -0.2) is 34.9 Å². The van der Waals surface area contributed by atoms with Gasteiger partial charge >= 0.3 is 0 Å². The first-order valence-electron chi connectivity index (χ1n) is 10.6. The number of halogens is 1. The standard InChI is InChI=1S/C25H33ClN2O3/c1-7-21(24(30)27-25(4,5)6)28(15-19-12-8-9-13-20(19)26)23(29)16-31-22-14-10-11-17(2)18(22)3/h8-14,21H,7,15-16H2,1-6H3,(H,27,30)/t21-/m1/s1. The van der Waals surface area contributed by atoms with Gasteiger partial charge in [-0.3, -0.25) is 9.59 Å². The highest BCUT2D eigenvalue weighted by Gasteiger charge is 2.31. The molecule has 0 saturated heterocycles. The van der Waals surface area contributed by atoms with Crippen LogP contribution < -0.4 is 10.1 Å². The van der Waals surface area contributed by atoms with Crippen molar-refractivity contribution in [3.8, 4) is 5.75 Å².